The van der Waals surface area contributed by atoms with E-state index in [2.05, 4.69) is 16.1 Å². The minimum atomic E-state index is -0.397. The largest absolute Gasteiger partial charge is 0.365 e. The lowest BCUT2D eigenvalue weighted by Crippen LogP contribution is -2.36. The van der Waals surface area contributed by atoms with Crippen molar-refractivity contribution in [3.8, 4) is 0 Å². The SMILES string of the molecule is CSc1nc2c(c(N3CCCn4nc(C(C)=O)c(Cl)c4C3)n1)CO[C@@]1(CCc3c(Cl)cccc31)C2. The molecule has 1 aliphatic carbocycles. The fourth-order valence-electron chi connectivity index (χ4n) is 5.60. The van der Waals surface area contributed by atoms with Crippen molar-refractivity contribution in [2.75, 3.05) is 17.7 Å². The summed E-state index contributed by atoms with van der Waals surface area (Å²) in [7, 11) is 0. The van der Waals surface area contributed by atoms with Crippen molar-refractivity contribution < 1.29 is 9.53 Å². The van der Waals surface area contributed by atoms with E-state index in [1.807, 2.05) is 23.1 Å². The maximum absolute atomic E-state index is 12.0. The normalized spacial score (nSPS) is 21.0. The number of aromatic nitrogens is 4. The Labute approximate surface area is 218 Å². The van der Waals surface area contributed by atoms with Crippen LogP contribution in [0.4, 0.5) is 5.82 Å². The van der Waals surface area contributed by atoms with Crippen LogP contribution >= 0.6 is 35.0 Å². The van der Waals surface area contributed by atoms with E-state index < -0.39 is 5.60 Å². The number of carbonyl (C=O) groups is 1. The van der Waals surface area contributed by atoms with E-state index in [0.717, 1.165) is 58.8 Å². The van der Waals surface area contributed by atoms with Crippen LogP contribution in [0.15, 0.2) is 23.4 Å². The summed E-state index contributed by atoms with van der Waals surface area (Å²) in [5.74, 6) is 0.760. The number of aryl methyl sites for hydroxylation is 1. The third-order valence-electron chi connectivity index (χ3n) is 7.33. The summed E-state index contributed by atoms with van der Waals surface area (Å²) in [5.41, 5.74) is 5.22. The maximum atomic E-state index is 12.0. The Morgan fingerprint density at radius 2 is 2.06 bits per heavy atom. The van der Waals surface area contributed by atoms with Crippen LogP contribution in [0.3, 0.4) is 0 Å². The van der Waals surface area contributed by atoms with Crippen molar-refractivity contribution in [3.63, 3.8) is 0 Å². The molecule has 0 N–H and O–H groups in total. The zero-order valence-electron chi connectivity index (χ0n) is 19.6. The molecule has 3 aliphatic rings. The monoisotopic (exact) mass is 529 g/mol. The van der Waals surface area contributed by atoms with Crippen LogP contribution in [0.1, 0.15) is 58.3 Å². The summed E-state index contributed by atoms with van der Waals surface area (Å²) >= 11 is 14.7. The van der Waals surface area contributed by atoms with Crippen molar-refractivity contribution in [1.29, 1.82) is 0 Å². The molecule has 0 bridgehead atoms. The molecule has 6 rings (SSSR count). The molecular formula is C25H25Cl2N5O2S. The Balaban J connectivity index is 1.40. The molecule has 0 unspecified atom stereocenters. The van der Waals surface area contributed by atoms with Crippen LogP contribution in [0.25, 0.3) is 0 Å². The second kappa shape index (κ2) is 8.76. The number of hydrogen-bond donors (Lipinski definition) is 0. The van der Waals surface area contributed by atoms with Gasteiger partial charge < -0.3 is 9.64 Å². The van der Waals surface area contributed by atoms with Gasteiger partial charge in [-0.15, -0.1) is 0 Å². The minimum absolute atomic E-state index is 0.123. The van der Waals surface area contributed by atoms with E-state index in [-0.39, 0.29) is 5.78 Å². The molecule has 0 amide bonds. The van der Waals surface area contributed by atoms with Gasteiger partial charge in [0.2, 0.25) is 0 Å². The standard InChI is InChI=1S/C25H25Cl2N5O2S/c1-14(33)22-21(27)20-12-31(9-4-10-32(20)30-22)23-16-13-34-25(11-19(16)28-24(29-23)35-2)8-7-15-17(25)5-3-6-18(15)26/h3,5-6H,4,7-13H2,1-2H3/t25-/m0/s1. The van der Waals surface area contributed by atoms with E-state index in [4.69, 9.17) is 37.9 Å². The summed E-state index contributed by atoms with van der Waals surface area (Å²) in [6.07, 6.45) is 5.36. The van der Waals surface area contributed by atoms with Crippen LogP contribution < -0.4 is 4.90 Å². The molecule has 10 heteroatoms. The van der Waals surface area contributed by atoms with Gasteiger partial charge in [-0.05, 0) is 42.7 Å². The number of fused-ring (bicyclic) bond motifs is 4. The second-order valence-corrected chi connectivity index (χ2v) is 10.9. The van der Waals surface area contributed by atoms with Gasteiger partial charge in [0.1, 0.15) is 11.5 Å². The number of carbonyl (C=O) groups excluding carboxylic acids is 1. The summed E-state index contributed by atoms with van der Waals surface area (Å²) in [5, 5.41) is 6.46. The van der Waals surface area contributed by atoms with Crippen molar-refractivity contribution in [3.05, 3.63) is 62.0 Å². The number of ether oxygens (including phenoxy) is 1. The van der Waals surface area contributed by atoms with Gasteiger partial charge in [-0.1, -0.05) is 47.1 Å². The fraction of sp³-hybridized carbons (Fsp3) is 0.440. The topological polar surface area (TPSA) is 73.1 Å². The van der Waals surface area contributed by atoms with Crippen LogP contribution in [0.2, 0.25) is 10.0 Å². The van der Waals surface area contributed by atoms with Gasteiger partial charge in [0.05, 0.1) is 35.2 Å². The summed E-state index contributed by atoms with van der Waals surface area (Å²) in [4.78, 5) is 24.1. The van der Waals surface area contributed by atoms with E-state index in [1.54, 1.807) is 11.8 Å². The first kappa shape index (κ1) is 23.3. The zero-order chi connectivity index (χ0) is 24.3. The molecule has 1 atom stereocenters. The van der Waals surface area contributed by atoms with Gasteiger partial charge in [-0.25, -0.2) is 9.97 Å². The summed E-state index contributed by atoms with van der Waals surface area (Å²) in [6.45, 7) is 3.97. The lowest BCUT2D eigenvalue weighted by atomic mass is 9.87. The highest BCUT2D eigenvalue weighted by molar-refractivity contribution is 7.98. The molecule has 3 aromatic rings. The third-order valence-corrected chi connectivity index (χ3v) is 8.63. The van der Waals surface area contributed by atoms with Crippen LogP contribution in [0.5, 0.6) is 0 Å². The lowest BCUT2D eigenvalue weighted by molar-refractivity contribution is -0.0730. The Morgan fingerprint density at radius 3 is 2.86 bits per heavy atom. The summed E-state index contributed by atoms with van der Waals surface area (Å²) < 4.78 is 8.51. The predicted molar refractivity (Wildman–Crippen MR) is 137 cm³/mol. The zero-order valence-corrected chi connectivity index (χ0v) is 21.9. The maximum Gasteiger partial charge on any atom is 0.189 e. The number of ketones is 1. The number of nitrogens with zero attached hydrogens (tertiary/aromatic N) is 5. The van der Waals surface area contributed by atoms with Crippen LogP contribution in [-0.2, 0) is 42.9 Å². The van der Waals surface area contributed by atoms with Gasteiger partial charge in [-0.2, -0.15) is 5.10 Å². The molecule has 2 aliphatic heterocycles. The predicted octanol–water partition coefficient (Wildman–Crippen LogP) is 5.23. The highest BCUT2D eigenvalue weighted by Crippen LogP contribution is 2.48. The first-order valence-electron chi connectivity index (χ1n) is 11.8. The van der Waals surface area contributed by atoms with E-state index >= 15 is 0 Å². The molecule has 0 fully saturated rings. The van der Waals surface area contributed by atoms with Crippen molar-refractivity contribution in [1.82, 2.24) is 19.7 Å². The molecular weight excluding hydrogens is 505 g/mol. The minimum Gasteiger partial charge on any atom is -0.365 e. The highest BCUT2D eigenvalue weighted by Gasteiger charge is 2.45. The molecule has 0 saturated heterocycles. The Bertz CT molecular complexity index is 1360. The summed E-state index contributed by atoms with van der Waals surface area (Å²) in [6, 6.07) is 6.10. The van der Waals surface area contributed by atoms with Gasteiger partial charge in [0.15, 0.2) is 10.9 Å². The van der Waals surface area contributed by atoms with E-state index in [1.165, 1.54) is 18.1 Å². The van der Waals surface area contributed by atoms with Crippen molar-refractivity contribution >= 4 is 46.6 Å². The van der Waals surface area contributed by atoms with E-state index in [0.29, 0.717) is 36.8 Å². The third kappa shape index (κ3) is 3.77. The molecule has 35 heavy (non-hydrogen) atoms. The lowest BCUT2D eigenvalue weighted by Gasteiger charge is -2.37. The first-order chi connectivity index (χ1) is 16.9. The first-order valence-corrected chi connectivity index (χ1v) is 13.7. The van der Waals surface area contributed by atoms with Crippen LogP contribution in [0, 0.1) is 0 Å². The average molecular weight is 530 g/mol. The number of halogens is 2. The number of Topliss-reactive ketones (excluding diaryl/α,β-unsaturated/α-hetero) is 1. The molecule has 0 radical (unpaired) electrons. The smallest absolute Gasteiger partial charge is 0.189 e. The molecule has 1 spiro atoms. The molecule has 182 valence electrons. The molecule has 4 heterocycles. The van der Waals surface area contributed by atoms with Gasteiger partial charge >= 0.3 is 0 Å². The average Bonchev–Trinajstić information content (AvgIpc) is 3.27. The number of thioether (sulfide) groups is 1. The molecule has 1 aromatic carbocycles. The molecule has 7 nitrogen and oxygen atoms in total. The highest BCUT2D eigenvalue weighted by atomic mass is 35.5. The van der Waals surface area contributed by atoms with Crippen molar-refractivity contribution in [2.24, 2.45) is 0 Å². The Kier molecular flexibility index (Phi) is 5.83. The number of benzene rings is 1. The Morgan fingerprint density at radius 1 is 1.20 bits per heavy atom. The van der Waals surface area contributed by atoms with Crippen LogP contribution in [-0.4, -0.2) is 38.3 Å². The molecule has 2 aromatic heterocycles. The molecule has 0 saturated carbocycles. The van der Waals surface area contributed by atoms with Gasteiger partial charge in [0.25, 0.3) is 0 Å². The number of hydrogen-bond acceptors (Lipinski definition) is 7. The van der Waals surface area contributed by atoms with Crippen molar-refractivity contribution in [2.45, 2.75) is 63.1 Å². The fourth-order valence-corrected chi connectivity index (χ4v) is 6.57. The quantitative estimate of drug-likeness (QED) is 0.261. The van der Waals surface area contributed by atoms with Gasteiger partial charge in [-0.3, -0.25) is 9.48 Å². The van der Waals surface area contributed by atoms with E-state index in [9.17, 15) is 4.79 Å². The number of anilines is 1. The van der Waals surface area contributed by atoms with Gasteiger partial charge in [0, 0.05) is 37.0 Å². The Hall–Kier alpha value is -2.13. The number of rotatable bonds is 3. The second-order valence-electron chi connectivity index (χ2n) is 9.35.